The number of rotatable bonds is 5. The second-order valence-corrected chi connectivity index (χ2v) is 8.26. The lowest BCUT2D eigenvalue weighted by atomic mass is 10.2. The molecular weight excluding hydrogens is 460 g/mol. The second kappa shape index (κ2) is 9.46. The number of anilines is 1. The Labute approximate surface area is 206 Å². The van der Waals surface area contributed by atoms with Crippen LogP contribution in [0.2, 0.25) is 0 Å². The van der Waals surface area contributed by atoms with Crippen molar-refractivity contribution in [3.63, 3.8) is 0 Å². The molecule has 1 aliphatic rings. The molecule has 5 rings (SSSR count). The lowest BCUT2D eigenvalue weighted by Gasteiger charge is -2.14. The van der Waals surface area contributed by atoms with E-state index in [1.165, 1.54) is 10.9 Å². The Hall–Kier alpha value is -4.78. The molecule has 0 unspecified atom stereocenters. The molecule has 1 aliphatic heterocycles. The van der Waals surface area contributed by atoms with Crippen LogP contribution in [0.4, 0.5) is 5.82 Å². The van der Waals surface area contributed by atoms with Crippen LogP contribution in [0.1, 0.15) is 19.4 Å². The van der Waals surface area contributed by atoms with Crippen molar-refractivity contribution in [2.24, 2.45) is 0 Å². The third-order valence-corrected chi connectivity index (χ3v) is 6.10. The smallest absolute Gasteiger partial charge is 0.335 e. The summed E-state index contributed by atoms with van der Waals surface area (Å²) >= 11 is 0. The highest BCUT2D eigenvalue weighted by molar-refractivity contribution is 5.93. The largest absolute Gasteiger partial charge is 0.497 e. The number of fused-ring (bicyclic) bond motifs is 1. The average molecular weight is 485 g/mol. The van der Waals surface area contributed by atoms with E-state index in [1.807, 2.05) is 18.2 Å². The number of methoxy groups -OCH3 is 1. The maximum absolute atomic E-state index is 13.7. The zero-order chi connectivity index (χ0) is 25.2. The molecule has 0 bridgehead atoms. The van der Waals surface area contributed by atoms with Gasteiger partial charge < -0.3 is 20.1 Å². The predicted molar refractivity (Wildman–Crippen MR) is 134 cm³/mol. The molecular formula is C26H24N6O4. The van der Waals surface area contributed by atoms with Gasteiger partial charge in [0.05, 0.1) is 18.8 Å². The Kier molecular flexibility index (Phi) is 6.04. The van der Waals surface area contributed by atoms with Crippen LogP contribution < -0.4 is 20.9 Å². The molecule has 10 heteroatoms. The molecule has 3 heterocycles. The summed E-state index contributed by atoms with van der Waals surface area (Å²) in [4.78, 5) is 36.1. The number of hydrogen-bond acceptors (Lipinski definition) is 7. The molecule has 182 valence electrons. The topological polar surface area (TPSA) is 118 Å². The molecule has 1 atom stereocenters. The van der Waals surface area contributed by atoms with Crippen LogP contribution in [0, 0.1) is 11.8 Å². The standard InChI is InChI=1S/C26H24N6O4/c1-3-5-22(33)30-13-12-18(15-30)32-25-23(24(27)28-16-29-25)31(26(32)34)17-8-10-19(11-9-17)36-21-7-4-6-20(14-21)35-2/h4,6-11,14,16,18H,12-13,15H2,1-2H3,(H2,27,28,29)/t18-/m1/s1. The maximum atomic E-state index is 13.7. The van der Waals surface area contributed by atoms with Gasteiger partial charge in [0.25, 0.3) is 5.91 Å². The van der Waals surface area contributed by atoms with Crippen LogP contribution >= 0.6 is 0 Å². The number of nitrogen functional groups attached to an aromatic ring is 1. The minimum absolute atomic E-state index is 0.190. The first-order valence-corrected chi connectivity index (χ1v) is 11.4. The van der Waals surface area contributed by atoms with Gasteiger partial charge in [-0.1, -0.05) is 12.0 Å². The highest BCUT2D eigenvalue weighted by Crippen LogP contribution is 2.29. The van der Waals surface area contributed by atoms with Gasteiger partial charge in [-0.05, 0) is 55.7 Å². The molecule has 0 saturated carbocycles. The summed E-state index contributed by atoms with van der Waals surface area (Å²) in [6, 6.07) is 14.1. The first kappa shape index (κ1) is 23.0. The number of carbonyl (C=O) groups is 1. The molecule has 0 aliphatic carbocycles. The third kappa shape index (κ3) is 4.11. The summed E-state index contributed by atoms with van der Waals surface area (Å²) in [5.74, 6) is 7.04. The Morgan fingerprint density at radius 3 is 2.64 bits per heavy atom. The normalized spacial score (nSPS) is 14.9. The van der Waals surface area contributed by atoms with Gasteiger partial charge in [0.2, 0.25) is 0 Å². The number of imidazole rings is 1. The van der Waals surface area contributed by atoms with Crippen LogP contribution in [0.15, 0.2) is 59.7 Å². The third-order valence-electron chi connectivity index (χ3n) is 6.10. The van der Waals surface area contributed by atoms with E-state index in [4.69, 9.17) is 15.2 Å². The lowest BCUT2D eigenvalue weighted by Crippen LogP contribution is -2.31. The Bertz CT molecular complexity index is 1560. The molecule has 10 nitrogen and oxygen atoms in total. The highest BCUT2D eigenvalue weighted by atomic mass is 16.5. The van der Waals surface area contributed by atoms with E-state index in [1.54, 1.807) is 53.8 Å². The van der Waals surface area contributed by atoms with E-state index in [0.29, 0.717) is 53.6 Å². The number of likely N-dealkylation sites (tertiary alicyclic amines) is 1. The van der Waals surface area contributed by atoms with Gasteiger partial charge in [-0.2, -0.15) is 0 Å². The lowest BCUT2D eigenvalue weighted by molar-refractivity contribution is -0.124. The number of hydrogen-bond donors (Lipinski definition) is 1. The summed E-state index contributed by atoms with van der Waals surface area (Å²) in [5.41, 5.74) is 7.33. The summed E-state index contributed by atoms with van der Waals surface area (Å²) < 4.78 is 14.3. The number of nitrogens with zero attached hydrogens (tertiary/aromatic N) is 5. The van der Waals surface area contributed by atoms with Crippen LogP contribution in [0.5, 0.6) is 17.2 Å². The molecule has 2 aromatic carbocycles. The summed E-state index contributed by atoms with van der Waals surface area (Å²) in [7, 11) is 1.60. The van der Waals surface area contributed by atoms with Gasteiger partial charge in [-0.3, -0.25) is 13.9 Å². The molecule has 1 amide bonds. The highest BCUT2D eigenvalue weighted by Gasteiger charge is 2.31. The van der Waals surface area contributed by atoms with E-state index in [9.17, 15) is 9.59 Å². The maximum Gasteiger partial charge on any atom is 0.335 e. The number of ether oxygens (including phenoxy) is 2. The van der Waals surface area contributed by atoms with E-state index >= 15 is 0 Å². The van der Waals surface area contributed by atoms with Gasteiger partial charge in [-0.25, -0.2) is 14.8 Å². The molecule has 36 heavy (non-hydrogen) atoms. The number of benzene rings is 2. The van der Waals surface area contributed by atoms with Gasteiger partial charge in [0.1, 0.15) is 29.1 Å². The van der Waals surface area contributed by atoms with Crippen molar-refractivity contribution in [1.82, 2.24) is 24.0 Å². The zero-order valence-corrected chi connectivity index (χ0v) is 19.8. The fourth-order valence-corrected chi connectivity index (χ4v) is 4.42. The van der Waals surface area contributed by atoms with Crippen LogP contribution in [-0.2, 0) is 4.79 Å². The molecule has 0 spiro atoms. The monoisotopic (exact) mass is 484 g/mol. The van der Waals surface area contributed by atoms with Crippen LogP contribution in [0.25, 0.3) is 16.9 Å². The van der Waals surface area contributed by atoms with Crippen molar-refractivity contribution in [1.29, 1.82) is 0 Å². The first-order valence-electron chi connectivity index (χ1n) is 11.4. The predicted octanol–water partition coefficient (Wildman–Crippen LogP) is 2.76. The molecule has 2 aromatic heterocycles. The first-order chi connectivity index (χ1) is 17.5. The van der Waals surface area contributed by atoms with E-state index in [2.05, 4.69) is 21.8 Å². The fraction of sp³-hybridized carbons (Fsp3) is 0.231. The number of carbonyl (C=O) groups excluding carboxylic acids is 1. The Morgan fingerprint density at radius 1 is 1.11 bits per heavy atom. The average Bonchev–Trinajstić information content (AvgIpc) is 3.48. The van der Waals surface area contributed by atoms with Gasteiger partial charge in [-0.15, -0.1) is 0 Å². The number of nitrogens with two attached hydrogens (primary N) is 1. The minimum Gasteiger partial charge on any atom is -0.497 e. The van der Waals surface area contributed by atoms with Crippen LogP contribution in [0.3, 0.4) is 0 Å². The number of amides is 1. The van der Waals surface area contributed by atoms with Crippen molar-refractivity contribution in [3.05, 3.63) is 65.3 Å². The van der Waals surface area contributed by atoms with Crippen LogP contribution in [-0.4, -0.2) is 50.1 Å². The second-order valence-electron chi connectivity index (χ2n) is 8.26. The van der Waals surface area contributed by atoms with Gasteiger partial charge >= 0.3 is 5.69 Å². The molecule has 2 N–H and O–H groups in total. The van der Waals surface area contributed by atoms with E-state index in [-0.39, 0.29) is 23.5 Å². The summed E-state index contributed by atoms with van der Waals surface area (Å²) in [6.07, 6.45) is 1.94. The zero-order valence-electron chi connectivity index (χ0n) is 19.8. The van der Waals surface area contributed by atoms with Crippen molar-refractivity contribution >= 4 is 22.9 Å². The summed E-state index contributed by atoms with van der Waals surface area (Å²) in [6.45, 7) is 2.49. The van der Waals surface area contributed by atoms with E-state index in [0.717, 1.165) is 0 Å². The van der Waals surface area contributed by atoms with Gasteiger partial charge in [0.15, 0.2) is 11.5 Å². The van der Waals surface area contributed by atoms with Gasteiger partial charge in [0, 0.05) is 19.2 Å². The SMILES string of the molecule is CC#CC(=O)N1CC[C@@H](n2c(=O)n(-c3ccc(Oc4cccc(OC)c4)cc3)c3c(N)ncnc32)C1. The van der Waals surface area contributed by atoms with Crippen molar-refractivity contribution < 1.29 is 14.3 Å². The Morgan fingerprint density at radius 2 is 1.89 bits per heavy atom. The Balaban J connectivity index is 1.51. The van der Waals surface area contributed by atoms with E-state index < -0.39 is 0 Å². The molecule has 1 fully saturated rings. The molecule has 0 radical (unpaired) electrons. The summed E-state index contributed by atoms with van der Waals surface area (Å²) in [5, 5.41) is 0. The fourth-order valence-electron chi connectivity index (χ4n) is 4.42. The van der Waals surface area contributed by atoms with Crippen molar-refractivity contribution in [3.8, 4) is 34.8 Å². The quantitative estimate of drug-likeness (QED) is 0.433. The minimum atomic E-state index is -0.306. The number of aromatic nitrogens is 4. The molecule has 1 saturated heterocycles. The molecule has 4 aromatic rings. The van der Waals surface area contributed by atoms with Crippen molar-refractivity contribution in [2.75, 3.05) is 25.9 Å². The van der Waals surface area contributed by atoms with Crippen molar-refractivity contribution in [2.45, 2.75) is 19.4 Å².